The lowest BCUT2D eigenvalue weighted by Crippen LogP contribution is -2.30. The lowest BCUT2D eigenvalue weighted by atomic mass is 10.0. The third-order valence-corrected chi connectivity index (χ3v) is 5.47. The molecule has 1 atom stereocenters. The number of halogens is 1. The van der Waals surface area contributed by atoms with E-state index in [-0.39, 0.29) is 17.6 Å². The van der Waals surface area contributed by atoms with Crippen LogP contribution in [-0.2, 0) is 11.3 Å². The summed E-state index contributed by atoms with van der Waals surface area (Å²) in [4.78, 5) is 19.1. The number of carbonyl (C=O) groups is 1. The quantitative estimate of drug-likeness (QED) is 0.750. The molecule has 0 aliphatic carbocycles. The van der Waals surface area contributed by atoms with Crippen LogP contribution in [0.2, 0.25) is 0 Å². The number of aryl methyl sites for hydroxylation is 1. The number of likely N-dealkylation sites (tertiary alicyclic amines) is 1. The molecular formula is C23H24FN3O. The van der Waals surface area contributed by atoms with E-state index >= 15 is 0 Å². The summed E-state index contributed by atoms with van der Waals surface area (Å²) in [6.07, 6.45) is 0.867. The Hall–Kier alpha value is -2.79. The largest absolute Gasteiger partial charge is 0.359 e. The monoisotopic (exact) mass is 377 g/mol. The Kier molecular flexibility index (Phi) is 5.09. The summed E-state index contributed by atoms with van der Waals surface area (Å²) in [5.74, 6) is -0.140. The molecule has 0 bridgehead atoms. The molecule has 144 valence electrons. The minimum absolute atomic E-state index is 0.0373. The van der Waals surface area contributed by atoms with Crippen molar-refractivity contribution in [3.63, 3.8) is 0 Å². The Bertz CT molecular complexity index is 1020. The van der Waals surface area contributed by atoms with Crippen LogP contribution in [0.3, 0.4) is 0 Å². The molecule has 0 unspecified atom stereocenters. The molecule has 1 aliphatic heterocycles. The Labute approximate surface area is 164 Å². The summed E-state index contributed by atoms with van der Waals surface area (Å²) in [5.41, 5.74) is 4.84. The van der Waals surface area contributed by atoms with Crippen LogP contribution in [0.25, 0.3) is 22.2 Å². The first-order valence-electron chi connectivity index (χ1n) is 9.63. The molecule has 1 N–H and O–H groups in total. The van der Waals surface area contributed by atoms with E-state index in [2.05, 4.69) is 47.5 Å². The van der Waals surface area contributed by atoms with Crippen LogP contribution in [0.15, 0.2) is 48.5 Å². The molecule has 1 aliphatic rings. The maximum Gasteiger partial charge on any atom is 0.224 e. The second kappa shape index (κ2) is 7.68. The van der Waals surface area contributed by atoms with E-state index in [1.165, 1.54) is 17.7 Å². The first kappa shape index (κ1) is 18.6. The van der Waals surface area contributed by atoms with Crippen molar-refractivity contribution in [3.05, 3.63) is 65.5 Å². The third kappa shape index (κ3) is 3.76. The minimum Gasteiger partial charge on any atom is -0.359 e. The standard InChI is InChI=1S/C23H24FN3O/c1-15-3-5-16(6-4-15)22-19(11-17-7-8-20(24)12-21(17)26-22)14-27-10-9-18(13-27)23(28)25-2/h3-8,11-12,18H,9-10,13-14H2,1-2H3,(H,25,28)/t18-/m0/s1. The van der Waals surface area contributed by atoms with Crippen LogP contribution in [0, 0.1) is 18.7 Å². The summed E-state index contributed by atoms with van der Waals surface area (Å²) in [6, 6.07) is 15.1. The smallest absolute Gasteiger partial charge is 0.224 e. The molecule has 1 saturated heterocycles. The molecule has 1 fully saturated rings. The number of aromatic nitrogens is 1. The number of benzene rings is 2. The molecule has 3 aromatic rings. The van der Waals surface area contributed by atoms with Gasteiger partial charge in [0.2, 0.25) is 5.91 Å². The van der Waals surface area contributed by atoms with Crippen LogP contribution in [0.1, 0.15) is 17.5 Å². The molecule has 1 aromatic heterocycles. The lowest BCUT2D eigenvalue weighted by molar-refractivity contribution is -0.124. The summed E-state index contributed by atoms with van der Waals surface area (Å²) in [6.45, 7) is 4.40. The molecule has 2 heterocycles. The summed E-state index contributed by atoms with van der Waals surface area (Å²) >= 11 is 0. The molecule has 5 heteroatoms. The van der Waals surface area contributed by atoms with Gasteiger partial charge in [0.15, 0.2) is 0 Å². The SMILES string of the molecule is CNC(=O)[C@H]1CCN(Cc2cc3ccc(F)cc3nc2-c2ccc(C)cc2)C1. The summed E-state index contributed by atoms with van der Waals surface area (Å²) in [7, 11) is 1.69. The Morgan fingerprint density at radius 1 is 1.21 bits per heavy atom. The average Bonchev–Trinajstić information content (AvgIpc) is 3.16. The molecule has 4 rings (SSSR count). The van der Waals surface area contributed by atoms with Gasteiger partial charge in [0.25, 0.3) is 0 Å². The summed E-state index contributed by atoms with van der Waals surface area (Å²) < 4.78 is 13.7. The van der Waals surface area contributed by atoms with Gasteiger partial charge in [-0.3, -0.25) is 9.69 Å². The highest BCUT2D eigenvalue weighted by atomic mass is 19.1. The number of fused-ring (bicyclic) bond motifs is 1. The molecule has 28 heavy (non-hydrogen) atoms. The second-order valence-corrected chi connectivity index (χ2v) is 7.53. The zero-order valence-corrected chi connectivity index (χ0v) is 16.2. The van der Waals surface area contributed by atoms with Crippen molar-refractivity contribution in [2.75, 3.05) is 20.1 Å². The van der Waals surface area contributed by atoms with Gasteiger partial charge in [-0.1, -0.05) is 29.8 Å². The van der Waals surface area contributed by atoms with Gasteiger partial charge in [-0.25, -0.2) is 9.37 Å². The number of hydrogen-bond acceptors (Lipinski definition) is 3. The number of pyridine rings is 1. The van der Waals surface area contributed by atoms with Crippen LogP contribution in [-0.4, -0.2) is 35.9 Å². The Morgan fingerprint density at radius 3 is 2.75 bits per heavy atom. The molecule has 0 spiro atoms. The number of hydrogen-bond donors (Lipinski definition) is 1. The number of rotatable bonds is 4. The van der Waals surface area contributed by atoms with E-state index in [4.69, 9.17) is 4.98 Å². The van der Waals surface area contributed by atoms with Gasteiger partial charge in [-0.2, -0.15) is 0 Å². The van der Waals surface area contributed by atoms with Gasteiger partial charge < -0.3 is 5.32 Å². The number of carbonyl (C=O) groups excluding carboxylic acids is 1. The third-order valence-electron chi connectivity index (χ3n) is 5.47. The summed E-state index contributed by atoms with van der Waals surface area (Å²) in [5, 5.41) is 3.68. The van der Waals surface area contributed by atoms with Gasteiger partial charge in [-0.15, -0.1) is 0 Å². The highest BCUT2D eigenvalue weighted by Crippen LogP contribution is 2.29. The van der Waals surface area contributed by atoms with E-state index in [0.717, 1.165) is 48.3 Å². The van der Waals surface area contributed by atoms with Crippen LogP contribution in [0.4, 0.5) is 4.39 Å². The second-order valence-electron chi connectivity index (χ2n) is 7.53. The topological polar surface area (TPSA) is 45.2 Å². The van der Waals surface area contributed by atoms with Gasteiger partial charge in [-0.05, 0) is 43.7 Å². The van der Waals surface area contributed by atoms with Crippen molar-refractivity contribution in [1.82, 2.24) is 15.2 Å². The molecule has 2 aromatic carbocycles. The Balaban J connectivity index is 1.71. The Morgan fingerprint density at radius 2 is 2.00 bits per heavy atom. The van der Waals surface area contributed by atoms with Crippen LogP contribution >= 0.6 is 0 Å². The molecule has 1 amide bonds. The van der Waals surface area contributed by atoms with Gasteiger partial charge in [0, 0.05) is 37.2 Å². The van der Waals surface area contributed by atoms with E-state index in [1.54, 1.807) is 13.1 Å². The van der Waals surface area contributed by atoms with Crippen molar-refractivity contribution < 1.29 is 9.18 Å². The molecule has 4 nitrogen and oxygen atoms in total. The van der Waals surface area contributed by atoms with E-state index < -0.39 is 0 Å². The fourth-order valence-electron chi connectivity index (χ4n) is 3.90. The van der Waals surface area contributed by atoms with Crippen molar-refractivity contribution in [2.45, 2.75) is 19.9 Å². The van der Waals surface area contributed by atoms with Crippen molar-refractivity contribution in [1.29, 1.82) is 0 Å². The molecule has 0 saturated carbocycles. The zero-order chi connectivity index (χ0) is 19.7. The average molecular weight is 377 g/mol. The fourth-order valence-corrected chi connectivity index (χ4v) is 3.90. The molecular weight excluding hydrogens is 353 g/mol. The maximum absolute atomic E-state index is 13.7. The predicted octanol–water partition coefficient (Wildman–Crippen LogP) is 3.92. The lowest BCUT2D eigenvalue weighted by Gasteiger charge is -2.19. The zero-order valence-electron chi connectivity index (χ0n) is 16.2. The number of amides is 1. The first-order valence-corrected chi connectivity index (χ1v) is 9.63. The minimum atomic E-state index is -0.282. The highest BCUT2D eigenvalue weighted by molar-refractivity contribution is 5.83. The van der Waals surface area contributed by atoms with Gasteiger partial charge in [0.1, 0.15) is 5.82 Å². The van der Waals surface area contributed by atoms with Crippen LogP contribution in [0.5, 0.6) is 0 Å². The van der Waals surface area contributed by atoms with Gasteiger partial charge in [0.05, 0.1) is 17.1 Å². The van der Waals surface area contributed by atoms with E-state index in [0.29, 0.717) is 5.52 Å². The van der Waals surface area contributed by atoms with Crippen molar-refractivity contribution in [2.24, 2.45) is 5.92 Å². The van der Waals surface area contributed by atoms with Gasteiger partial charge >= 0.3 is 0 Å². The van der Waals surface area contributed by atoms with E-state index in [1.807, 2.05) is 0 Å². The maximum atomic E-state index is 13.7. The molecule has 0 radical (unpaired) electrons. The van der Waals surface area contributed by atoms with E-state index in [9.17, 15) is 9.18 Å². The van der Waals surface area contributed by atoms with Crippen molar-refractivity contribution >= 4 is 16.8 Å². The normalized spacial score (nSPS) is 17.2. The number of nitrogens with zero attached hydrogens (tertiary/aromatic N) is 2. The highest BCUT2D eigenvalue weighted by Gasteiger charge is 2.28. The predicted molar refractivity (Wildman–Crippen MR) is 109 cm³/mol. The first-order chi connectivity index (χ1) is 13.5. The number of nitrogens with one attached hydrogen (secondary N) is 1. The van der Waals surface area contributed by atoms with Crippen LogP contribution < -0.4 is 5.32 Å². The fraction of sp³-hybridized carbons (Fsp3) is 0.304. The van der Waals surface area contributed by atoms with Crippen molar-refractivity contribution in [3.8, 4) is 11.3 Å².